The van der Waals surface area contributed by atoms with Gasteiger partial charge in [-0.2, -0.15) is 0 Å². The van der Waals surface area contributed by atoms with E-state index in [-0.39, 0.29) is 17.9 Å². The Morgan fingerprint density at radius 1 is 1.26 bits per heavy atom. The minimum atomic E-state index is -0.337. The zero-order valence-corrected chi connectivity index (χ0v) is 12.1. The van der Waals surface area contributed by atoms with Gasteiger partial charge in [-0.1, -0.05) is 20.3 Å². The molecule has 0 saturated carbocycles. The number of hydrogen-bond acceptors (Lipinski definition) is 3. The van der Waals surface area contributed by atoms with Crippen molar-refractivity contribution in [2.45, 2.75) is 52.0 Å². The van der Waals surface area contributed by atoms with Crippen molar-refractivity contribution in [2.75, 3.05) is 26.3 Å². The second kappa shape index (κ2) is 8.91. The van der Waals surface area contributed by atoms with Gasteiger partial charge in [-0.25, -0.2) is 0 Å². The van der Waals surface area contributed by atoms with Gasteiger partial charge in [0.05, 0.1) is 0 Å². The van der Waals surface area contributed by atoms with E-state index in [9.17, 15) is 9.59 Å². The summed E-state index contributed by atoms with van der Waals surface area (Å²) in [6.45, 7) is 6.75. The third-order valence-corrected chi connectivity index (χ3v) is 3.20. The molecule has 0 spiro atoms. The molecule has 1 N–H and O–H groups in total. The lowest BCUT2D eigenvalue weighted by Crippen LogP contribution is -2.44. The van der Waals surface area contributed by atoms with Gasteiger partial charge in [-0.05, 0) is 19.3 Å². The summed E-state index contributed by atoms with van der Waals surface area (Å²) in [5, 5.41) is 2.81. The van der Waals surface area contributed by atoms with E-state index in [1.165, 1.54) is 0 Å². The molecule has 1 unspecified atom stereocenters. The van der Waals surface area contributed by atoms with Crippen molar-refractivity contribution in [1.29, 1.82) is 0 Å². The number of amides is 2. The summed E-state index contributed by atoms with van der Waals surface area (Å²) in [5.74, 6) is 0.0414. The van der Waals surface area contributed by atoms with E-state index in [1.54, 1.807) is 4.90 Å². The Labute approximate surface area is 115 Å². The molecule has 1 saturated heterocycles. The van der Waals surface area contributed by atoms with Crippen LogP contribution in [0.15, 0.2) is 0 Å². The smallest absolute Gasteiger partial charge is 0.245 e. The number of nitrogens with zero attached hydrogens (tertiary/aromatic N) is 1. The van der Waals surface area contributed by atoms with Crippen LogP contribution in [0.25, 0.3) is 0 Å². The monoisotopic (exact) mass is 270 g/mol. The van der Waals surface area contributed by atoms with Gasteiger partial charge in [-0.3, -0.25) is 9.59 Å². The van der Waals surface area contributed by atoms with E-state index < -0.39 is 0 Å². The standard InChI is InChI=1S/C14H26N2O3/c1-3-6-12-14(18)16(9-7-13(17)15-12)8-5-11-19-10-4-2/h12H,3-11H2,1-2H3,(H,15,17). The molecule has 0 bridgehead atoms. The molecular weight excluding hydrogens is 244 g/mol. The molecule has 5 heteroatoms. The zero-order valence-electron chi connectivity index (χ0n) is 12.1. The van der Waals surface area contributed by atoms with Gasteiger partial charge in [0, 0.05) is 32.7 Å². The molecular formula is C14H26N2O3. The first-order valence-electron chi connectivity index (χ1n) is 7.35. The van der Waals surface area contributed by atoms with Crippen molar-refractivity contribution in [3.63, 3.8) is 0 Å². The first-order valence-corrected chi connectivity index (χ1v) is 7.35. The highest BCUT2D eigenvalue weighted by atomic mass is 16.5. The fraction of sp³-hybridized carbons (Fsp3) is 0.857. The third-order valence-electron chi connectivity index (χ3n) is 3.20. The van der Waals surface area contributed by atoms with E-state index in [4.69, 9.17) is 4.74 Å². The molecule has 0 aromatic carbocycles. The second-order valence-electron chi connectivity index (χ2n) is 4.95. The van der Waals surface area contributed by atoms with Gasteiger partial charge in [0.25, 0.3) is 0 Å². The van der Waals surface area contributed by atoms with Crippen molar-refractivity contribution in [1.82, 2.24) is 10.2 Å². The second-order valence-corrected chi connectivity index (χ2v) is 4.95. The van der Waals surface area contributed by atoms with Crippen LogP contribution >= 0.6 is 0 Å². The molecule has 0 aromatic rings. The summed E-state index contributed by atoms with van der Waals surface area (Å²) in [5.41, 5.74) is 0. The van der Waals surface area contributed by atoms with E-state index in [0.717, 1.165) is 25.9 Å². The largest absolute Gasteiger partial charge is 0.381 e. The number of hydrogen-bond donors (Lipinski definition) is 1. The van der Waals surface area contributed by atoms with Crippen LogP contribution in [-0.4, -0.2) is 49.1 Å². The van der Waals surface area contributed by atoms with Gasteiger partial charge in [0.1, 0.15) is 6.04 Å². The van der Waals surface area contributed by atoms with Gasteiger partial charge >= 0.3 is 0 Å². The predicted octanol–water partition coefficient (Wildman–Crippen LogP) is 1.32. The summed E-state index contributed by atoms with van der Waals surface area (Å²) < 4.78 is 5.42. The number of ether oxygens (including phenoxy) is 1. The lowest BCUT2D eigenvalue weighted by Gasteiger charge is -2.23. The van der Waals surface area contributed by atoms with Crippen LogP contribution in [0, 0.1) is 0 Å². The van der Waals surface area contributed by atoms with Crippen LogP contribution in [0.3, 0.4) is 0 Å². The highest BCUT2D eigenvalue weighted by Gasteiger charge is 2.28. The van der Waals surface area contributed by atoms with Gasteiger partial charge < -0.3 is 15.0 Å². The predicted molar refractivity (Wildman–Crippen MR) is 73.8 cm³/mol. The van der Waals surface area contributed by atoms with Crippen molar-refractivity contribution in [3.05, 3.63) is 0 Å². The molecule has 0 aromatic heterocycles. The highest BCUT2D eigenvalue weighted by molar-refractivity contribution is 5.89. The number of carbonyl (C=O) groups excluding carboxylic acids is 2. The maximum atomic E-state index is 12.3. The first-order chi connectivity index (χ1) is 9.19. The summed E-state index contributed by atoms with van der Waals surface area (Å²) in [4.78, 5) is 25.6. The lowest BCUT2D eigenvalue weighted by atomic mass is 10.1. The van der Waals surface area contributed by atoms with Crippen LogP contribution in [-0.2, 0) is 14.3 Å². The van der Waals surface area contributed by atoms with Crippen molar-refractivity contribution >= 4 is 11.8 Å². The normalized spacial score (nSPS) is 20.3. The fourth-order valence-electron chi connectivity index (χ4n) is 2.21. The molecule has 2 amide bonds. The van der Waals surface area contributed by atoms with Gasteiger partial charge in [0.15, 0.2) is 0 Å². The maximum absolute atomic E-state index is 12.3. The van der Waals surface area contributed by atoms with Crippen LogP contribution in [0.1, 0.15) is 46.0 Å². The third kappa shape index (κ3) is 5.59. The van der Waals surface area contributed by atoms with Crippen LogP contribution in [0.2, 0.25) is 0 Å². The Morgan fingerprint density at radius 2 is 2.05 bits per heavy atom. The highest BCUT2D eigenvalue weighted by Crippen LogP contribution is 2.09. The van der Waals surface area contributed by atoms with E-state index >= 15 is 0 Å². The summed E-state index contributed by atoms with van der Waals surface area (Å²) in [6.07, 6.45) is 3.86. The Kier molecular flexibility index (Phi) is 7.48. The van der Waals surface area contributed by atoms with Gasteiger partial charge in [0.2, 0.25) is 11.8 Å². The molecule has 5 nitrogen and oxygen atoms in total. The molecule has 1 heterocycles. The fourth-order valence-corrected chi connectivity index (χ4v) is 2.21. The maximum Gasteiger partial charge on any atom is 0.245 e. The van der Waals surface area contributed by atoms with Crippen molar-refractivity contribution in [2.24, 2.45) is 0 Å². The van der Waals surface area contributed by atoms with Gasteiger partial charge in [-0.15, -0.1) is 0 Å². The van der Waals surface area contributed by atoms with Crippen molar-refractivity contribution < 1.29 is 14.3 Å². The van der Waals surface area contributed by atoms with Crippen LogP contribution in [0.5, 0.6) is 0 Å². The number of nitrogens with one attached hydrogen (secondary N) is 1. The molecule has 0 aliphatic carbocycles. The Balaban J connectivity index is 2.41. The summed E-state index contributed by atoms with van der Waals surface area (Å²) in [7, 11) is 0. The van der Waals surface area contributed by atoms with E-state index in [2.05, 4.69) is 12.2 Å². The molecule has 1 atom stereocenters. The Bertz CT molecular complexity index is 294. The lowest BCUT2D eigenvalue weighted by molar-refractivity contribution is -0.133. The molecule has 1 fully saturated rings. The Morgan fingerprint density at radius 3 is 2.74 bits per heavy atom. The Hall–Kier alpha value is -1.10. The SMILES string of the molecule is CCCOCCCN1CCC(=O)NC(CCC)C1=O. The average molecular weight is 270 g/mol. The quantitative estimate of drug-likeness (QED) is 0.677. The molecule has 1 rings (SSSR count). The zero-order chi connectivity index (χ0) is 14.1. The van der Waals surface area contributed by atoms with Crippen LogP contribution in [0.4, 0.5) is 0 Å². The molecule has 0 radical (unpaired) electrons. The minimum absolute atomic E-state index is 0.0171. The molecule has 1 aliphatic rings. The van der Waals surface area contributed by atoms with Crippen molar-refractivity contribution in [3.8, 4) is 0 Å². The summed E-state index contributed by atoms with van der Waals surface area (Å²) in [6, 6.07) is -0.337. The van der Waals surface area contributed by atoms with Crippen LogP contribution < -0.4 is 5.32 Å². The average Bonchev–Trinajstić information content (AvgIpc) is 2.52. The van der Waals surface area contributed by atoms with E-state index in [0.29, 0.717) is 32.5 Å². The number of rotatable bonds is 8. The van der Waals surface area contributed by atoms with E-state index in [1.807, 2.05) is 6.92 Å². The topological polar surface area (TPSA) is 58.6 Å². The molecule has 19 heavy (non-hydrogen) atoms. The number of carbonyl (C=O) groups is 2. The molecule has 110 valence electrons. The minimum Gasteiger partial charge on any atom is -0.381 e. The molecule has 1 aliphatic heterocycles. The first kappa shape index (κ1) is 16.0. The summed E-state index contributed by atoms with van der Waals surface area (Å²) >= 11 is 0.